The van der Waals surface area contributed by atoms with Gasteiger partial charge in [0.1, 0.15) is 0 Å². The van der Waals surface area contributed by atoms with Gasteiger partial charge in [-0.2, -0.15) is 5.10 Å². The molecule has 0 aliphatic carbocycles. The lowest BCUT2D eigenvalue weighted by Gasteiger charge is -2.29. The van der Waals surface area contributed by atoms with Gasteiger partial charge in [0.05, 0.1) is 17.8 Å². The second kappa shape index (κ2) is 8.19. The zero-order chi connectivity index (χ0) is 21.4. The number of rotatable bonds is 4. The summed E-state index contributed by atoms with van der Waals surface area (Å²) in [6.07, 6.45) is 4.80. The van der Waals surface area contributed by atoms with Crippen molar-refractivity contribution >= 4 is 21.7 Å². The Morgan fingerprint density at radius 3 is 2.65 bits per heavy atom. The number of hydrogen-bond donors (Lipinski definition) is 2. The number of aryl methyl sites for hydroxylation is 1. The summed E-state index contributed by atoms with van der Waals surface area (Å²) in [5.74, 6) is 0. The Balaban J connectivity index is 1.58. The highest BCUT2D eigenvalue weighted by Crippen LogP contribution is 2.24. The van der Waals surface area contributed by atoms with Gasteiger partial charge in [0.25, 0.3) is 0 Å². The average Bonchev–Trinajstić information content (AvgIpc) is 3.18. The number of aliphatic hydroxyl groups is 1. The molecule has 1 unspecified atom stereocenters. The van der Waals surface area contributed by atoms with Gasteiger partial charge in [-0.1, -0.05) is 18.2 Å². The van der Waals surface area contributed by atoms with Crippen LogP contribution in [-0.4, -0.2) is 57.5 Å². The number of fused-ring (bicyclic) bond motifs is 2. The van der Waals surface area contributed by atoms with Crippen LogP contribution in [0.25, 0.3) is 32.8 Å². The summed E-state index contributed by atoms with van der Waals surface area (Å²) in [4.78, 5) is 20.3. The molecule has 1 fully saturated rings. The zero-order valence-corrected chi connectivity index (χ0v) is 17.5. The number of aliphatic hydroxyl groups excluding tert-OH is 1. The molecule has 158 valence electrons. The van der Waals surface area contributed by atoms with Crippen molar-refractivity contribution in [3.63, 3.8) is 0 Å². The minimum atomic E-state index is -0.636. The molecular formula is C24H25N5O2. The normalized spacial score (nSPS) is 16.1. The first kappa shape index (κ1) is 19.8. The third-order valence-electron chi connectivity index (χ3n) is 5.97. The molecule has 1 aliphatic rings. The van der Waals surface area contributed by atoms with Gasteiger partial charge in [-0.3, -0.25) is 19.4 Å². The van der Waals surface area contributed by atoms with E-state index in [0.717, 1.165) is 48.3 Å². The molecular weight excluding hydrogens is 390 g/mol. The Morgan fingerprint density at radius 1 is 1.06 bits per heavy atom. The number of hydrogen-bond acceptors (Lipinski definition) is 6. The zero-order valence-electron chi connectivity index (χ0n) is 17.5. The van der Waals surface area contributed by atoms with E-state index in [1.165, 1.54) is 0 Å². The first-order valence-electron chi connectivity index (χ1n) is 10.6. The van der Waals surface area contributed by atoms with E-state index >= 15 is 0 Å². The van der Waals surface area contributed by atoms with E-state index < -0.39 is 6.10 Å². The smallest absolute Gasteiger partial charge is 0.195 e. The Labute approximate surface area is 180 Å². The summed E-state index contributed by atoms with van der Waals surface area (Å²) < 4.78 is 1.73. The van der Waals surface area contributed by atoms with E-state index in [9.17, 15) is 9.90 Å². The van der Waals surface area contributed by atoms with Crippen molar-refractivity contribution in [1.82, 2.24) is 25.0 Å². The van der Waals surface area contributed by atoms with Crippen LogP contribution in [0, 0.1) is 0 Å². The molecule has 5 rings (SSSR count). The molecule has 1 aliphatic heterocycles. The predicted molar refractivity (Wildman–Crippen MR) is 122 cm³/mol. The van der Waals surface area contributed by atoms with Crippen LogP contribution in [0.4, 0.5) is 0 Å². The van der Waals surface area contributed by atoms with Gasteiger partial charge in [-0.15, -0.1) is 0 Å². The van der Waals surface area contributed by atoms with Gasteiger partial charge < -0.3 is 10.4 Å². The minimum absolute atomic E-state index is 0.0792. The fourth-order valence-corrected chi connectivity index (χ4v) is 4.20. The summed E-state index contributed by atoms with van der Waals surface area (Å²) in [6.45, 7) is 4.26. The molecule has 0 bridgehead atoms. The van der Waals surface area contributed by atoms with Crippen molar-refractivity contribution in [3.8, 4) is 11.1 Å². The summed E-state index contributed by atoms with van der Waals surface area (Å²) in [5, 5.41) is 20.3. The molecule has 0 spiro atoms. The highest BCUT2D eigenvalue weighted by atomic mass is 16.3. The molecule has 0 radical (unpaired) electrons. The van der Waals surface area contributed by atoms with Gasteiger partial charge in [0, 0.05) is 74.1 Å². The fraction of sp³-hybridized carbons (Fsp3) is 0.292. The van der Waals surface area contributed by atoms with Crippen LogP contribution in [0.2, 0.25) is 0 Å². The van der Waals surface area contributed by atoms with Gasteiger partial charge in [-0.05, 0) is 29.1 Å². The van der Waals surface area contributed by atoms with E-state index in [2.05, 4.69) is 20.3 Å². The molecule has 3 heterocycles. The number of benzene rings is 1. The molecule has 7 nitrogen and oxygen atoms in total. The topological polar surface area (TPSA) is 83.3 Å². The van der Waals surface area contributed by atoms with Gasteiger partial charge in [-0.25, -0.2) is 0 Å². The maximum absolute atomic E-state index is 13.5. The molecule has 1 atom stereocenters. The van der Waals surface area contributed by atoms with Gasteiger partial charge in [0.15, 0.2) is 5.43 Å². The third kappa shape index (κ3) is 3.95. The van der Waals surface area contributed by atoms with Crippen LogP contribution in [0.5, 0.6) is 0 Å². The van der Waals surface area contributed by atoms with E-state index in [-0.39, 0.29) is 5.43 Å². The van der Waals surface area contributed by atoms with Gasteiger partial charge in [0.2, 0.25) is 0 Å². The molecule has 4 aromatic rings. The first-order chi connectivity index (χ1) is 15.1. The lowest BCUT2D eigenvalue weighted by atomic mass is 10.0. The third-order valence-corrected chi connectivity index (χ3v) is 5.97. The standard InChI is InChI=1S/C24H25N5O2/c1-28-14-19(13-27-28)18-11-21-22(26-12-18)5-4-16-2-3-17(10-20(16)24(21)31)23(30)15-29-8-6-25-7-9-29/h2-5,10-14,23,25,30H,6-9,15H2,1H3. The van der Waals surface area contributed by atoms with Crippen molar-refractivity contribution in [1.29, 1.82) is 0 Å². The highest BCUT2D eigenvalue weighted by Gasteiger charge is 2.16. The summed E-state index contributed by atoms with van der Waals surface area (Å²) >= 11 is 0. The van der Waals surface area contributed by atoms with Crippen LogP contribution < -0.4 is 10.7 Å². The van der Waals surface area contributed by atoms with Crippen LogP contribution in [0.1, 0.15) is 11.7 Å². The molecule has 0 saturated carbocycles. The quantitative estimate of drug-likeness (QED) is 0.531. The summed E-state index contributed by atoms with van der Waals surface area (Å²) in [7, 11) is 1.86. The minimum Gasteiger partial charge on any atom is -0.387 e. The van der Waals surface area contributed by atoms with Crippen LogP contribution in [-0.2, 0) is 7.05 Å². The summed E-state index contributed by atoms with van der Waals surface area (Å²) in [6, 6.07) is 11.3. The monoisotopic (exact) mass is 415 g/mol. The Morgan fingerprint density at radius 2 is 1.87 bits per heavy atom. The van der Waals surface area contributed by atoms with Crippen molar-refractivity contribution in [2.75, 3.05) is 32.7 Å². The number of pyridine rings is 1. The molecule has 2 aromatic carbocycles. The fourth-order valence-electron chi connectivity index (χ4n) is 4.20. The maximum atomic E-state index is 13.5. The largest absolute Gasteiger partial charge is 0.387 e. The SMILES string of the molecule is Cn1cc(-c2cnc3ccc4ccc(C(O)CN5CCNCC5)cc4c(=O)c3c2)cn1. The Bertz CT molecular complexity index is 1310. The highest BCUT2D eigenvalue weighted by molar-refractivity contribution is 5.93. The predicted octanol–water partition coefficient (Wildman–Crippen LogP) is 2.09. The first-order valence-corrected chi connectivity index (χ1v) is 10.6. The second-order valence-corrected chi connectivity index (χ2v) is 8.14. The maximum Gasteiger partial charge on any atom is 0.195 e. The molecule has 31 heavy (non-hydrogen) atoms. The number of aromatic nitrogens is 3. The molecule has 1 saturated heterocycles. The lowest BCUT2D eigenvalue weighted by molar-refractivity contribution is 0.106. The van der Waals surface area contributed by atoms with Crippen LogP contribution in [0.3, 0.4) is 0 Å². The lowest BCUT2D eigenvalue weighted by Crippen LogP contribution is -2.44. The van der Waals surface area contributed by atoms with Crippen LogP contribution >= 0.6 is 0 Å². The molecule has 2 N–H and O–H groups in total. The van der Waals surface area contributed by atoms with Gasteiger partial charge >= 0.3 is 0 Å². The average molecular weight is 415 g/mol. The van der Waals surface area contributed by atoms with E-state index in [4.69, 9.17) is 0 Å². The van der Waals surface area contributed by atoms with Crippen molar-refractivity contribution in [2.45, 2.75) is 6.10 Å². The molecule has 2 aromatic heterocycles. The number of nitrogens with zero attached hydrogens (tertiary/aromatic N) is 4. The Hall–Kier alpha value is -3.13. The number of nitrogens with one attached hydrogen (secondary N) is 1. The van der Waals surface area contributed by atoms with E-state index in [1.54, 1.807) is 17.1 Å². The number of β-amino-alcohol motifs (C(OH)–C–C–N with tert-alkyl or cyclic N) is 1. The molecule has 7 heteroatoms. The number of piperazine rings is 1. The Kier molecular flexibility index (Phi) is 5.23. The van der Waals surface area contributed by atoms with Crippen LogP contribution in [0.15, 0.2) is 59.8 Å². The second-order valence-electron chi connectivity index (χ2n) is 8.14. The summed E-state index contributed by atoms with van der Waals surface area (Å²) in [5.41, 5.74) is 3.10. The molecule has 0 amide bonds. The van der Waals surface area contributed by atoms with Crippen molar-refractivity contribution < 1.29 is 5.11 Å². The van der Waals surface area contributed by atoms with E-state index in [1.807, 2.05) is 49.6 Å². The van der Waals surface area contributed by atoms with Crippen molar-refractivity contribution in [3.05, 3.63) is 70.8 Å². The van der Waals surface area contributed by atoms with Crippen molar-refractivity contribution in [2.24, 2.45) is 7.05 Å². The van der Waals surface area contributed by atoms with E-state index in [0.29, 0.717) is 22.8 Å².